The maximum absolute atomic E-state index is 5.86. The van der Waals surface area contributed by atoms with Crippen LogP contribution < -0.4 is 5.32 Å². The first-order valence-corrected chi connectivity index (χ1v) is 6.23. The Morgan fingerprint density at radius 2 is 1.75 bits per heavy atom. The molecule has 16 heavy (non-hydrogen) atoms. The van der Waals surface area contributed by atoms with E-state index in [1.807, 2.05) is 19.2 Å². The van der Waals surface area contributed by atoms with Gasteiger partial charge in [-0.25, -0.2) is 0 Å². The third kappa shape index (κ3) is 4.15. The normalized spacial score (nSPS) is 13.8. The van der Waals surface area contributed by atoms with Crippen LogP contribution in [-0.2, 0) is 6.42 Å². The Morgan fingerprint density at radius 3 is 2.19 bits per heavy atom. The zero-order valence-corrected chi connectivity index (χ0v) is 11.4. The van der Waals surface area contributed by atoms with Gasteiger partial charge in [0.05, 0.1) is 0 Å². The van der Waals surface area contributed by atoms with Crippen molar-refractivity contribution < 1.29 is 0 Å². The largest absolute Gasteiger partial charge is 0.316 e. The summed E-state index contributed by atoms with van der Waals surface area (Å²) in [5.41, 5.74) is 1.66. The van der Waals surface area contributed by atoms with Gasteiger partial charge in [-0.2, -0.15) is 0 Å². The van der Waals surface area contributed by atoms with Crippen LogP contribution in [0.25, 0.3) is 0 Å². The van der Waals surface area contributed by atoms with Gasteiger partial charge < -0.3 is 5.32 Å². The van der Waals surface area contributed by atoms with Crippen molar-refractivity contribution in [2.24, 2.45) is 5.41 Å². The fourth-order valence-electron chi connectivity index (χ4n) is 1.97. The number of nitrogens with one attached hydrogen (secondary N) is 1. The first kappa shape index (κ1) is 13.5. The van der Waals surface area contributed by atoms with E-state index < -0.39 is 0 Å². The Labute approximate surface area is 104 Å². The van der Waals surface area contributed by atoms with Gasteiger partial charge in [0.15, 0.2) is 0 Å². The lowest BCUT2D eigenvalue weighted by Crippen LogP contribution is -2.38. The number of benzene rings is 1. The van der Waals surface area contributed by atoms with Gasteiger partial charge >= 0.3 is 0 Å². The van der Waals surface area contributed by atoms with Crippen molar-refractivity contribution in [3.8, 4) is 0 Å². The smallest absolute Gasteiger partial charge is 0.0406 e. The maximum atomic E-state index is 5.86. The highest BCUT2D eigenvalue weighted by molar-refractivity contribution is 6.30. The number of aryl methyl sites for hydroxylation is 1. The molecule has 1 N–H and O–H groups in total. The zero-order valence-electron chi connectivity index (χ0n) is 10.7. The molecular weight excluding hydrogens is 218 g/mol. The average Bonchev–Trinajstić information content (AvgIpc) is 2.19. The van der Waals surface area contributed by atoms with Crippen LogP contribution in [0.2, 0.25) is 5.02 Å². The minimum Gasteiger partial charge on any atom is -0.316 e. The van der Waals surface area contributed by atoms with Gasteiger partial charge in [-0.1, -0.05) is 44.5 Å². The summed E-state index contributed by atoms with van der Waals surface area (Å²) < 4.78 is 0. The van der Waals surface area contributed by atoms with E-state index in [1.165, 1.54) is 5.56 Å². The molecule has 1 unspecified atom stereocenters. The summed E-state index contributed by atoms with van der Waals surface area (Å²) >= 11 is 5.86. The minimum absolute atomic E-state index is 0.307. The van der Waals surface area contributed by atoms with Gasteiger partial charge in [0, 0.05) is 11.1 Å². The van der Waals surface area contributed by atoms with Gasteiger partial charge in [0.2, 0.25) is 0 Å². The molecule has 0 heterocycles. The molecule has 0 saturated heterocycles. The molecule has 0 aliphatic heterocycles. The zero-order chi connectivity index (χ0) is 12.2. The van der Waals surface area contributed by atoms with Crippen LogP contribution in [0.3, 0.4) is 0 Å². The summed E-state index contributed by atoms with van der Waals surface area (Å²) in [5, 5.41) is 4.21. The second kappa shape index (κ2) is 5.70. The summed E-state index contributed by atoms with van der Waals surface area (Å²) in [6.07, 6.45) is 2.25. The van der Waals surface area contributed by atoms with Gasteiger partial charge in [-0.15, -0.1) is 0 Å². The molecule has 0 spiro atoms. The first-order chi connectivity index (χ1) is 7.43. The number of rotatable bonds is 4. The highest BCUT2D eigenvalue weighted by atomic mass is 35.5. The molecular formula is C14H22ClN. The van der Waals surface area contributed by atoms with Gasteiger partial charge in [0.25, 0.3) is 0 Å². The van der Waals surface area contributed by atoms with Crippen LogP contribution >= 0.6 is 11.6 Å². The monoisotopic (exact) mass is 239 g/mol. The Balaban J connectivity index is 2.53. The Hall–Kier alpha value is -0.530. The molecule has 0 aromatic heterocycles. The van der Waals surface area contributed by atoms with Crippen molar-refractivity contribution in [3.05, 3.63) is 34.9 Å². The minimum atomic E-state index is 0.307. The Morgan fingerprint density at radius 1 is 1.19 bits per heavy atom. The van der Waals surface area contributed by atoms with Crippen molar-refractivity contribution in [2.75, 3.05) is 7.05 Å². The molecule has 90 valence electrons. The standard InChI is InChI=1S/C14H22ClN/c1-14(2,3)13(16-4)10-7-11-5-8-12(15)9-6-11/h5-6,8-9,13,16H,7,10H2,1-4H3. The summed E-state index contributed by atoms with van der Waals surface area (Å²) in [6, 6.07) is 8.68. The lowest BCUT2D eigenvalue weighted by Gasteiger charge is -2.30. The summed E-state index contributed by atoms with van der Waals surface area (Å²) in [6.45, 7) is 6.82. The highest BCUT2D eigenvalue weighted by Crippen LogP contribution is 2.23. The van der Waals surface area contributed by atoms with E-state index in [9.17, 15) is 0 Å². The topological polar surface area (TPSA) is 12.0 Å². The SMILES string of the molecule is CNC(CCc1ccc(Cl)cc1)C(C)(C)C. The van der Waals surface area contributed by atoms with Crippen LogP contribution in [-0.4, -0.2) is 13.1 Å². The summed E-state index contributed by atoms with van der Waals surface area (Å²) in [4.78, 5) is 0. The molecule has 0 amide bonds. The molecule has 1 atom stereocenters. The average molecular weight is 240 g/mol. The molecule has 1 rings (SSSR count). The summed E-state index contributed by atoms with van der Waals surface area (Å²) in [5.74, 6) is 0. The lowest BCUT2D eigenvalue weighted by molar-refractivity contribution is 0.268. The van der Waals surface area contributed by atoms with E-state index in [4.69, 9.17) is 11.6 Å². The summed E-state index contributed by atoms with van der Waals surface area (Å²) in [7, 11) is 2.04. The fraction of sp³-hybridized carbons (Fsp3) is 0.571. The van der Waals surface area contributed by atoms with Crippen molar-refractivity contribution >= 4 is 11.6 Å². The van der Waals surface area contributed by atoms with Gasteiger partial charge in [-0.3, -0.25) is 0 Å². The Bertz CT molecular complexity index is 311. The van der Waals surface area contributed by atoms with E-state index in [0.29, 0.717) is 11.5 Å². The lowest BCUT2D eigenvalue weighted by atomic mass is 9.83. The van der Waals surface area contributed by atoms with E-state index in [0.717, 1.165) is 17.9 Å². The maximum Gasteiger partial charge on any atom is 0.0406 e. The predicted molar refractivity (Wildman–Crippen MR) is 72.1 cm³/mol. The van der Waals surface area contributed by atoms with E-state index in [-0.39, 0.29) is 0 Å². The molecule has 0 aliphatic rings. The highest BCUT2D eigenvalue weighted by Gasteiger charge is 2.22. The number of hydrogen-bond donors (Lipinski definition) is 1. The van der Waals surface area contributed by atoms with Crippen LogP contribution in [0, 0.1) is 5.41 Å². The van der Waals surface area contributed by atoms with Crippen LogP contribution in [0.15, 0.2) is 24.3 Å². The van der Waals surface area contributed by atoms with Crippen LogP contribution in [0.4, 0.5) is 0 Å². The van der Waals surface area contributed by atoms with Gasteiger partial charge in [-0.05, 0) is 43.0 Å². The third-order valence-corrected chi connectivity index (χ3v) is 3.28. The van der Waals surface area contributed by atoms with E-state index in [1.54, 1.807) is 0 Å². The van der Waals surface area contributed by atoms with E-state index >= 15 is 0 Å². The quantitative estimate of drug-likeness (QED) is 0.840. The number of halogens is 1. The molecule has 0 radical (unpaired) electrons. The fourth-order valence-corrected chi connectivity index (χ4v) is 2.10. The third-order valence-electron chi connectivity index (χ3n) is 3.03. The van der Waals surface area contributed by atoms with Crippen LogP contribution in [0.1, 0.15) is 32.8 Å². The van der Waals surface area contributed by atoms with Gasteiger partial charge in [0.1, 0.15) is 0 Å². The first-order valence-electron chi connectivity index (χ1n) is 5.85. The van der Waals surface area contributed by atoms with Crippen molar-refractivity contribution in [3.63, 3.8) is 0 Å². The molecule has 0 fully saturated rings. The van der Waals surface area contributed by atoms with Crippen molar-refractivity contribution in [2.45, 2.75) is 39.7 Å². The molecule has 1 aromatic rings. The second-order valence-electron chi connectivity index (χ2n) is 5.37. The van der Waals surface area contributed by atoms with Crippen molar-refractivity contribution in [1.82, 2.24) is 5.32 Å². The molecule has 0 bridgehead atoms. The van der Waals surface area contributed by atoms with Crippen molar-refractivity contribution in [1.29, 1.82) is 0 Å². The molecule has 2 heteroatoms. The predicted octanol–water partition coefficient (Wildman–Crippen LogP) is 3.91. The molecule has 1 aromatic carbocycles. The molecule has 0 saturated carbocycles. The molecule has 1 nitrogen and oxygen atoms in total. The second-order valence-corrected chi connectivity index (χ2v) is 5.81. The van der Waals surface area contributed by atoms with E-state index in [2.05, 4.69) is 38.2 Å². The molecule has 0 aliphatic carbocycles. The van der Waals surface area contributed by atoms with Crippen LogP contribution in [0.5, 0.6) is 0 Å². The Kier molecular flexibility index (Phi) is 4.82. The number of hydrogen-bond acceptors (Lipinski definition) is 1.